The molecule has 3 N–H and O–H groups in total. The summed E-state index contributed by atoms with van der Waals surface area (Å²) in [5, 5.41) is 7.54. The molecule has 0 unspecified atom stereocenters. The molecule has 2 aliphatic rings. The molecule has 9 heteroatoms. The van der Waals surface area contributed by atoms with E-state index in [0.717, 1.165) is 5.56 Å². The highest BCUT2D eigenvalue weighted by Crippen LogP contribution is 2.52. The summed E-state index contributed by atoms with van der Waals surface area (Å²) in [5.41, 5.74) is 6.20. The maximum Gasteiger partial charge on any atom is 0.243 e. The highest BCUT2D eigenvalue weighted by atomic mass is 35.5. The third-order valence-corrected chi connectivity index (χ3v) is 6.76. The van der Waals surface area contributed by atoms with Gasteiger partial charge in [-0.3, -0.25) is 14.4 Å². The summed E-state index contributed by atoms with van der Waals surface area (Å²) in [6, 6.07) is 8.39. The van der Waals surface area contributed by atoms with Crippen molar-refractivity contribution < 1.29 is 14.4 Å². The summed E-state index contributed by atoms with van der Waals surface area (Å²) in [6.45, 7) is 0.983. The average molecular weight is 468 g/mol. The molecule has 2 atom stereocenters. The Morgan fingerprint density at radius 1 is 1.30 bits per heavy atom. The minimum absolute atomic E-state index is 0.117. The number of hydrogen-bond donors (Lipinski definition) is 2. The fraction of sp³-hybridized carbons (Fsp3) is 0.417. The maximum absolute atomic E-state index is 13.6. The molecule has 0 bridgehead atoms. The van der Waals surface area contributed by atoms with Crippen molar-refractivity contribution in [2.45, 2.75) is 56.1 Å². The Morgan fingerprint density at radius 2 is 2.03 bits per heavy atom. The predicted molar refractivity (Wildman–Crippen MR) is 123 cm³/mol. The van der Waals surface area contributed by atoms with Gasteiger partial charge in [-0.1, -0.05) is 47.9 Å². The van der Waals surface area contributed by atoms with E-state index < -0.39 is 23.4 Å². The second kappa shape index (κ2) is 9.28. The first-order valence-electron chi connectivity index (χ1n) is 11.0. The molecular formula is C24H26ClN5O3. The van der Waals surface area contributed by atoms with Gasteiger partial charge in [-0.15, -0.1) is 6.42 Å². The van der Waals surface area contributed by atoms with Crippen molar-refractivity contribution >= 4 is 29.3 Å². The normalized spacial score (nSPS) is 19.5. The Kier molecular flexibility index (Phi) is 6.43. The van der Waals surface area contributed by atoms with Crippen LogP contribution in [0.15, 0.2) is 36.5 Å². The number of terminal acetylenes is 1. The van der Waals surface area contributed by atoms with Crippen LogP contribution in [0.25, 0.3) is 0 Å². The SMILES string of the molecule is C#C[C@H](CC(N)=O)NC(=O)[C@@H]1CCCN1C(=O)C1(c2cnn(Cc3ccccc3)c2Cl)CC1. The summed E-state index contributed by atoms with van der Waals surface area (Å²) < 4.78 is 1.69. The highest BCUT2D eigenvalue weighted by Gasteiger charge is 2.57. The van der Waals surface area contributed by atoms with Crippen LogP contribution in [0, 0.1) is 12.3 Å². The number of aromatic nitrogens is 2. The number of nitrogens with two attached hydrogens (primary N) is 1. The van der Waals surface area contributed by atoms with Gasteiger partial charge < -0.3 is 16.0 Å². The van der Waals surface area contributed by atoms with E-state index in [1.54, 1.807) is 15.8 Å². The van der Waals surface area contributed by atoms with Crippen LogP contribution >= 0.6 is 11.6 Å². The lowest BCUT2D eigenvalue weighted by Crippen LogP contribution is -2.51. The molecular weight excluding hydrogens is 442 g/mol. The van der Waals surface area contributed by atoms with Crippen molar-refractivity contribution in [2.75, 3.05) is 6.54 Å². The molecule has 4 rings (SSSR count). The molecule has 0 spiro atoms. The van der Waals surface area contributed by atoms with Gasteiger partial charge in [0.25, 0.3) is 0 Å². The zero-order valence-corrected chi connectivity index (χ0v) is 18.9. The fourth-order valence-corrected chi connectivity index (χ4v) is 4.79. The molecule has 33 heavy (non-hydrogen) atoms. The maximum atomic E-state index is 13.6. The lowest BCUT2D eigenvalue weighted by atomic mass is 9.97. The lowest BCUT2D eigenvalue weighted by molar-refractivity contribution is -0.140. The van der Waals surface area contributed by atoms with Gasteiger partial charge in [0.2, 0.25) is 17.7 Å². The average Bonchev–Trinajstić information content (AvgIpc) is 3.29. The summed E-state index contributed by atoms with van der Waals surface area (Å²) >= 11 is 6.67. The van der Waals surface area contributed by atoms with Crippen molar-refractivity contribution in [3.8, 4) is 12.3 Å². The second-order valence-corrected chi connectivity index (χ2v) is 8.99. The van der Waals surface area contributed by atoms with Crippen LogP contribution in [0.1, 0.15) is 43.2 Å². The van der Waals surface area contributed by atoms with Gasteiger partial charge in [0.1, 0.15) is 11.2 Å². The van der Waals surface area contributed by atoms with E-state index in [4.69, 9.17) is 23.8 Å². The van der Waals surface area contributed by atoms with Crippen molar-refractivity contribution in [1.82, 2.24) is 20.0 Å². The molecule has 1 saturated carbocycles. The summed E-state index contributed by atoms with van der Waals surface area (Å²) in [4.78, 5) is 39.3. The third-order valence-electron chi connectivity index (χ3n) is 6.36. The standard InChI is InChI=1S/C24H26ClN5O3/c1-2-17(13-20(26)31)28-22(32)19-9-6-12-29(19)23(33)24(10-11-24)18-14-27-30(21(18)25)15-16-7-4-3-5-8-16/h1,3-5,7-8,14,17,19H,6,9-13,15H2,(H2,26,31)(H,28,32)/t17-,19+/m1/s1. The first-order valence-corrected chi connectivity index (χ1v) is 11.3. The smallest absolute Gasteiger partial charge is 0.243 e. The molecule has 0 radical (unpaired) electrons. The van der Waals surface area contributed by atoms with Crippen LogP contribution < -0.4 is 11.1 Å². The minimum Gasteiger partial charge on any atom is -0.370 e. The quantitative estimate of drug-likeness (QED) is 0.574. The van der Waals surface area contributed by atoms with E-state index in [0.29, 0.717) is 49.5 Å². The molecule has 8 nitrogen and oxygen atoms in total. The summed E-state index contributed by atoms with van der Waals surface area (Å²) in [5.74, 6) is 1.28. The second-order valence-electron chi connectivity index (χ2n) is 8.63. The number of primary amides is 1. The largest absolute Gasteiger partial charge is 0.370 e. The van der Waals surface area contributed by atoms with Crippen LogP contribution in [0.4, 0.5) is 0 Å². The molecule has 2 aromatic rings. The Labute approximate surface area is 197 Å². The van der Waals surface area contributed by atoms with Crippen LogP contribution in [0.3, 0.4) is 0 Å². The van der Waals surface area contributed by atoms with E-state index in [1.165, 1.54) is 0 Å². The van der Waals surface area contributed by atoms with E-state index in [-0.39, 0.29) is 18.2 Å². The third kappa shape index (κ3) is 4.60. The fourth-order valence-electron chi connectivity index (χ4n) is 4.46. The Bertz CT molecular complexity index is 1100. The van der Waals surface area contributed by atoms with E-state index in [2.05, 4.69) is 16.3 Å². The zero-order valence-electron chi connectivity index (χ0n) is 18.2. The van der Waals surface area contributed by atoms with Crippen molar-refractivity contribution in [1.29, 1.82) is 0 Å². The number of carbonyl (C=O) groups excluding carboxylic acids is 3. The van der Waals surface area contributed by atoms with Crippen LogP contribution in [-0.4, -0.2) is 51.0 Å². The van der Waals surface area contributed by atoms with Gasteiger partial charge in [-0.2, -0.15) is 5.10 Å². The van der Waals surface area contributed by atoms with Crippen molar-refractivity contribution in [2.24, 2.45) is 5.73 Å². The van der Waals surface area contributed by atoms with Crippen molar-refractivity contribution in [3.63, 3.8) is 0 Å². The number of amides is 3. The number of carbonyl (C=O) groups is 3. The number of rotatable bonds is 8. The number of benzene rings is 1. The number of nitrogens with zero attached hydrogens (tertiary/aromatic N) is 3. The lowest BCUT2D eigenvalue weighted by Gasteiger charge is -2.29. The van der Waals surface area contributed by atoms with Crippen LogP contribution in [-0.2, 0) is 26.3 Å². The molecule has 1 aliphatic heterocycles. The van der Waals surface area contributed by atoms with Gasteiger partial charge in [0.15, 0.2) is 0 Å². The summed E-state index contributed by atoms with van der Waals surface area (Å²) in [6.07, 6.45) is 9.48. The van der Waals surface area contributed by atoms with Gasteiger partial charge in [0.05, 0.1) is 30.6 Å². The monoisotopic (exact) mass is 467 g/mol. The highest BCUT2D eigenvalue weighted by molar-refractivity contribution is 6.31. The summed E-state index contributed by atoms with van der Waals surface area (Å²) in [7, 11) is 0. The molecule has 1 aliphatic carbocycles. The molecule has 2 heterocycles. The molecule has 1 saturated heterocycles. The molecule has 1 aromatic heterocycles. The minimum atomic E-state index is -0.798. The Morgan fingerprint density at radius 3 is 2.67 bits per heavy atom. The molecule has 2 fully saturated rings. The molecule has 1 aromatic carbocycles. The van der Waals surface area contributed by atoms with Gasteiger partial charge in [0, 0.05) is 12.1 Å². The number of halogens is 1. The topological polar surface area (TPSA) is 110 Å². The van der Waals surface area contributed by atoms with Gasteiger partial charge in [-0.05, 0) is 31.2 Å². The van der Waals surface area contributed by atoms with Gasteiger partial charge >= 0.3 is 0 Å². The van der Waals surface area contributed by atoms with Crippen LogP contribution in [0.5, 0.6) is 0 Å². The Hall–Kier alpha value is -3.31. The van der Waals surface area contributed by atoms with E-state index in [9.17, 15) is 14.4 Å². The number of hydrogen-bond acceptors (Lipinski definition) is 4. The van der Waals surface area contributed by atoms with Gasteiger partial charge in [-0.25, -0.2) is 4.68 Å². The van der Waals surface area contributed by atoms with Crippen LogP contribution in [0.2, 0.25) is 5.15 Å². The molecule has 3 amide bonds. The van der Waals surface area contributed by atoms with E-state index >= 15 is 0 Å². The number of likely N-dealkylation sites (tertiary alicyclic amines) is 1. The first-order chi connectivity index (χ1) is 15.9. The van der Waals surface area contributed by atoms with E-state index in [1.807, 2.05) is 30.3 Å². The van der Waals surface area contributed by atoms with Crippen molar-refractivity contribution in [3.05, 3.63) is 52.8 Å². The zero-order chi connectivity index (χ0) is 23.6. The predicted octanol–water partition coefficient (Wildman–Crippen LogP) is 1.60. The first kappa shape index (κ1) is 22.9. The number of nitrogens with one attached hydrogen (secondary N) is 1. The Balaban J connectivity index is 1.50. The molecule has 172 valence electrons.